The second kappa shape index (κ2) is 8.41. The average molecular weight is 347 g/mol. The van der Waals surface area contributed by atoms with Gasteiger partial charge >= 0.3 is 6.09 Å². The summed E-state index contributed by atoms with van der Waals surface area (Å²) in [5.41, 5.74) is 0.258. The summed E-state index contributed by atoms with van der Waals surface area (Å²) in [6, 6.07) is 9.86. The summed E-state index contributed by atoms with van der Waals surface area (Å²) in [6.07, 6.45) is -0.218. The van der Waals surface area contributed by atoms with Crippen LogP contribution in [0.15, 0.2) is 29.2 Å². The highest BCUT2D eigenvalue weighted by molar-refractivity contribution is 7.99. The number of thioether (sulfide) groups is 1. The first-order valence-corrected chi connectivity index (χ1v) is 9.19. The third kappa shape index (κ3) is 6.06. The molecule has 1 aromatic carbocycles. The van der Waals surface area contributed by atoms with Crippen molar-refractivity contribution in [2.24, 2.45) is 0 Å². The molecule has 0 spiro atoms. The van der Waals surface area contributed by atoms with Crippen LogP contribution in [0.3, 0.4) is 0 Å². The zero-order valence-electron chi connectivity index (χ0n) is 14.6. The predicted octanol–water partition coefficient (Wildman–Crippen LogP) is 3.20. The first-order valence-electron chi connectivity index (χ1n) is 8.20. The van der Waals surface area contributed by atoms with Crippen LogP contribution in [-0.4, -0.2) is 60.0 Å². The molecular weight excluding hydrogens is 322 g/mol. The van der Waals surface area contributed by atoms with Crippen molar-refractivity contribution in [2.45, 2.75) is 31.3 Å². The largest absolute Gasteiger partial charge is 0.444 e. The molecule has 1 fully saturated rings. The van der Waals surface area contributed by atoms with Gasteiger partial charge < -0.3 is 9.64 Å². The van der Waals surface area contributed by atoms with Crippen molar-refractivity contribution in [3.63, 3.8) is 0 Å². The number of rotatable bonds is 4. The number of nitrogens with zero attached hydrogens (tertiary/aromatic N) is 3. The van der Waals surface area contributed by atoms with E-state index < -0.39 is 5.60 Å². The first kappa shape index (κ1) is 18.6. The molecule has 0 bridgehead atoms. The van der Waals surface area contributed by atoms with Crippen LogP contribution in [0.4, 0.5) is 4.79 Å². The lowest BCUT2D eigenvalue weighted by Crippen LogP contribution is -2.50. The Labute approximate surface area is 148 Å². The van der Waals surface area contributed by atoms with E-state index in [4.69, 9.17) is 10.00 Å². The van der Waals surface area contributed by atoms with Crippen LogP contribution >= 0.6 is 11.8 Å². The van der Waals surface area contributed by atoms with Gasteiger partial charge in [-0.25, -0.2) is 4.79 Å². The van der Waals surface area contributed by atoms with Crippen LogP contribution in [0, 0.1) is 11.3 Å². The van der Waals surface area contributed by atoms with Gasteiger partial charge in [-0.05, 0) is 39.0 Å². The zero-order valence-corrected chi connectivity index (χ0v) is 15.4. The Kier molecular flexibility index (Phi) is 6.52. The zero-order chi connectivity index (χ0) is 17.6. The van der Waals surface area contributed by atoms with E-state index in [-0.39, 0.29) is 6.09 Å². The van der Waals surface area contributed by atoms with E-state index in [1.165, 1.54) is 0 Å². The molecule has 0 saturated carbocycles. The van der Waals surface area contributed by atoms with Gasteiger partial charge in [0, 0.05) is 43.4 Å². The minimum absolute atomic E-state index is 0.218. The number of hydrogen-bond acceptors (Lipinski definition) is 5. The molecule has 6 heteroatoms. The fourth-order valence-electron chi connectivity index (χ4n) is 2.43. The summed E-state index contributed by atoms with van der Waals surface area (Å²) in [6.45, 7) is 9.81. The highest BCUT2D eigenvalue weighted by Crippen LogP contribution is 2.19. The number of nitriles is 1. The Hall–Kier alpha value is -1.71. The van der Waals surface area contributed by atoms with Gasteiger partial charge in [0.1, 0.15) is 5.60 Å². The van der Waals surface area contributed by atoms with Crippen LogP contribution < -0.4 is 0 Å². The molecule has 1 aromatic rings. The molecule has 2 rings (SSSR count). The average Bonchev–Trinajstić information content (AvgIpc) is 2.54. The normalized spacial score (nSPS) is 15.8. The molecule has 1 saturated heterocycles. The van der Waals surface area contributed by atoms with Crippen LogP contribution in [-0.2, 0) is 4.74 Å². The molecule has 0 aliphatic carbocycles. The molecule has 0 aromatic heterocycles. The second-order valence-corrected chi connectivity index (χ2v) is 7.97. The van der Waals surface area contributed by atoms with E-state index in [1.54, 1.807) is 16.7 Å². The van der Waals surface area contributed by atoms with E-state index >= 15 is 0 Å². The Morgan fingerprint density at radius 1 is 1.29 bits per heavy atom. The lowest BCUT2D eigenvalue weighted by atomic mass is 10.2. The number of piperazine rings is 1. The van der Waals surface area contributed by atoms with E-state index in [2.05, 4.69) is 11.0 Å². The number of hydrogen-bond donors (Lipinski definition) is 0. The van der Waals surface area contributed by atoms with Crippen molar-refractivity contribution >= 4 is 17.9 Å². The standard InChI is InChI=1S/C18H25N3O2S/c1-18(2,3)23-17(22)21-9-7-20(8-10-21)11-12-24-16-6-4-5-15(13-16)14-19/h4-6,13H,7-12H2,1-3H3. The lowest BCUT2D eigenvalue weighted by molar-refractivity contribution is 0.0150. The predicted molar refractivity (Wildman–Crippen MR) is 96.1 cm³/mol. The number of carbonyl (C=O) groups excluding carboxylic acids is 1. The molecular formula is C18H25N3O2S. The molecule has 1 amide bonds. The fourth-order valence-corrected chi connectivity index (χ4v) is 3.40. The maximum atomic E-state index is 12.0. The molecule has 130 valence electrons. The van der Waals surface area contributed by atoms with Gasteiger partial charge in [0.25, 0.3) is 0 Å². The maximum Gasteiger partial charge on any atom is 0.410 e. The van der Waals surface area contributed by atoms with Crippen molar-refractivity contribution in [3.8, 4) is 6.07 Å². The molecule has 1 aliphatic rings. The van der Waals surface area contributed by atoms with Crippen molar-refractivity contribution in [1.82, 2.24) is 9.80 Å². The number of benzene rings is 1. The van der Waals surface area contributed by atoms with Gasteiger partial charge in [0.05, 0.1) is 11.6 Å². The molecule has 1 aliphatic heterocycles. The minimum Gasteiger partial charge on any atom is -0.444 e. The first-order chi connectivity index (χ1) is 11.4. The SMILES string of the molecule is CC(C)(C)OC(=O)N1CCN(CCSc2cccc(C#N)c2)CC1. The Morgan fingerprint density at radius 2 is 2.00 bits per heavy atom. The molecule has 1 heterocycles. The molecule has 0 atom stereocenters. The molecule has 24 heavy (non-hydrogen) atoms. The van der Waals surface area contributed by atoms with E-state index in [9.17, 15) is 4.79 Å². The summed E-state index contributed by atoms with van der Waals surface area (Å²) >= 11 is 1.76. The quantitative estimate of drug-likeness (QED) is 0.783. The topological polar surface area (TPSA) is 56.6 Å². The van der Waals surface area contributed by atoms with Gasteiger partial charge in [0.15, 0.2) is 0 Å². The molecule has 5 nitrogen and oxygen atoms in total. The summed E-state index contributed by atoms with van der Waals surface area (Å²) in [5, 5.41) is 8.92. The fraction of sp³-hybridized carbons (Fsp3) is 0.556. The van der Waals surface area contributed by atoms with Gasteiger partial charge in [-0.1, -0.05) is 6.07 Å². The van der Waals surface area contributed by atoms with Gasteiger partial charge in [-0.15, -0.1) is 11.8 Å². The van der Waals surface area contributed by atoms with Crippen LogP contribution in [0.5, 0.6) is 0 Å². The molecule has 0 radical (unpaired) electrons. The van der Waals surface area contributed by atoms with Crippen LogP contribution in [0.25, 0.3) is 0 Å². The van der Waals surface area contributed by atoms with Gasteiger partial charge in [-0.2, -0.15) is 5.26 Å². The monoisotopic (exact) mass is 347 g/mol. The smallest absolute Gasteiger partial charge is 0.410 e. The number of amides is 1. The molecule has 0 unspecified atom stereocenters. The van der Waals surface area contributed by atoms with Crippen molar-refractivity contribution in [2.75, 3.05) is 38.5 Å². The summed E-state index contributed by atoms with van der Waals surface area (Å²) in [5.74, 6) is 0.974. The lowest BCUT2D eigenvalue weighted by Gasteiger charge is -2.35. The summed E-state index contributed by atoms with van der Waals surface area (Å²) in [4.78, 5) is 17.3. The second-order valence-electron chi connectivity index (χ2n) is 6.80. The number of ether oxygens (including phenoxy) is 1. The third-order valence-electron chi connectivity index (χ3n) is 3.66. The van der Waals surface area contributed by atoms with Crippen LogP contribution in [0.2, 0.25) is 0 Å². The van der Waals surface area contributed by atoms with Gasteiger partial charge in [0.2, 0.25) is 0 Å². The van der Waals surface area contributed by atoms with E-state index in [1.807, 2.05) is 45.0 Å². The van der Waals surface area contributed by atoms with Crippen molar-refractivity contribution in [3.05, 3.63) is 29.8 Å². The summed E-state index contributed by atoms with van der Waals surface area (Å²) in [7, 11) is 0. The van der Waals surface area contributed by atoms with Gasteiger partial charge in [-0.3, -0.25) is 4.90 Å². The van der Waals surface area contributed by atoms with Crippen LogP contribution in [0.1, 0.15) is 26.3 Å². The highest BCUT2D eigenvalue weighted by Gasteiger charge is 2.25. The summed E-state index contributed by atoms with van der Waals surface area (Å²) < 4.78 is 5.41. The third-order valence-corrected chi connectivity index (χ3v) is 4.64. The van der Waals surface area contributed by atoms with E-state index in [0.29, 0.717) is 18.7 Å². The molecule has 0 N–H and O–H groups in total. The maximum absolute atomic E-state index is 12.0. The van der Waals surface area contributed by atoms with E-state index in [0.717, 1.165) is 30.3 Å². The van der Waals surface area contributed by atoms with Crippen molar-refractivity contribution < 1.29 is 9.53 Å². The number of carbonyl (C=O) groups is 1. The Morgan fingerprint density at radius 3 is 2.62 bits per heavy atom. The highest BCUT2D eigenvalue weighted by atomic mass is 32.2. The van der Waals surface area contributed by atoms with Crippen molar-refractivity contribution in [1.29, 1.82) is 5.26 Å². The minimum atomic E-state index is -0.442. The Bertz CT molecular complexity index is 599. The Balaban J connectivity index is 1.70.